The maximum atomic E-state index is 9.42. The van der Waals surface area contributed by atoms with Crippen LogP contribution in [0.15, 0.2) is 42.6 Å². The minimum absolute atomic E-state index is 0.293. The predicted molar refractivity (Wildman–Crippen MR) is 71.1 cm³/mol. The van der Waals surface area contributed by atoms with Crippen LogP contribution in [0.3, 0.4) is 0 Å². The second kappa shape index (κ2) is 3.75. The molecule has 3 rings (SSSR count). The number of aromatic hydroxyl groups is 1. The van der Waals surface area contributed by atoms with E-state index in [0.29, 0.717) is 11.6 Å². The molecular weight excluding hydrogens is 232 g/mol. The molecule has 0 saturated heterocycles. The van der Waals surface area contributed by atoms with Gasteiger partial charge in [0, 0.05) is 21.3 Å². The fourth-order valence-electron chi connectivity index (χ4n) is 1.71. The standard InChI is InChI=1S/C13H10N2OS/c14-13-4-2-9(7-15-13)11-5-8-1-3-10(16)6-12(8)17-11/h1-7,16H,(H2,14,15). The summed E-state index contributed by atoms with van der Waals surface area (Å²) in [6, 6.07) is 11.2. The highest BCUT2D eigenvalue weighted by Gasteiger charge is 2.05. The first-order chi connectivity index (χ1) is 8.22. The number of pyridine rings is 1. The lowest BCUT2D eigenvalue weighted by Crippen LogP contribution is -1.87. The SMILES string of the molecule is Nc1ccc(-c2cc3ccc(O)cc3s2)cn1. The van der Waals surface area contributed by atoms with Gasteiger partial charge in [0.15, 0.2) is 0 Å². The van der Waals surface area contributed by atoms with Crippen LogP contribution in [0, 0.1) is 0 Å². The highest BCUT2D eigenvalue weighted by molar-refractivity contribution is 7.22. The van der Waals surface area contributed by atoms with Crippen LogP contribution in [0.25, 0.3) is 20.5 Å². The maximum absolute atomic E-state index is 9.42. The number of hydrogen-bond acceptors (Lipinski definition) is 4. The molecule has 0 spiro atoms. The normalized spacial score (nSPS) is 10.8. The van der Waals surface area contributed by atoms with Crippen LogP contribution in [-0.2, 0) is 0 Å². The van der Waals surface area contributed by atoms with Gasteiger partial charge in [0.05, 0.1) is 0 Å². The van der Waals surface area contributed by atoms with Gasteiger partial charge in [-0.2, -0.15) is 0 Å². The molecule has 1 aromatic carbocycles. The van der Waals surface area contributed by atoms with E-state index < -0.39 is 0 Å². The van der Waals surface area contributed by atoms with E-state index in [4.69, 9.17) is 5.73 Å². The van der Waals surface area contributed by atoms with Gasteiger partial charge in [0.2, 0.25) is 0 Å². The summed E-state index contributed by atoms with van der Waals surface area (Å²) in [7, 11) is 0. The molecule has 0 radical (unpaired) electrons. The van der Waals surface area contributed by atoms with E-state index in [-0.39, 0.29) is 0 Å². The van der Waals surface area contributed by atoms with Crippen molar-refractivity contribution in [2.45, 2.75) is 0 Å². The Balaban J connectivity index is 2.14. The Morgan fingerprint density at radius 3 is 2.76 bits per heavy atom. The lowest BCUT2D eigenvalue weighted by atomic mass is 10.2. The van der Waals surface area contributed by atoms with Gasteiger partial charge in [0.1, 0.15) is 11.6 Å². The quantitative estimate of drug-likeness (QED) is 0.688. The van der Waals surface area contributed by atoms with Crippen molar-refractivity contribution in [1.82, 2.24) is 4.98 Å². The summed E-state index contributed by atoms with van der Waals surface area (Å²) in [6.45, 7) is 0. The fraction of sp³-hybridized carbons (Fsp3) is 0. The van der Waals surface area contributed by atoms with Gasteiger partial charge >= 0.3 is 0 Å². The Kier molecular flexibility index (Phi) is 2.23. The smallest absolute Gasteiger partial charge is 0.123 e. The molecule has 0 saturated carbocycles. The number of thiophene rings is 1. The van der Waals surface area contributed by atoms with Gasteiger partial charge in [0.25, 0.3) is 0 Å². The molecule has 0 unspecified atom stereocenters. The van der Waals surface area contributed by atoms with Crippen molar-refractivity contribution < 1.29 is 5.11 Å². The number of aromatic nitrogens is 1. The summed E-state index contributed by atoms with van der Waals surface area (Å²) in [4.78, 5) is 5.20. The first kappa shape index (κ1) is 10.1. The van der Waals surface area contributed by atoms with Crippen LogP contribution in [0.4, 0.5) is 5.82 Å². The van der Waals surface area contributed by atoms with Crippen LogP contribution in [0.2, 0.25) is 0 Å². The molecule has 0 fully saturated rings. The monoisotopic (exact) mass is 242 g/mol. The number of rotatable bonds is 1. The molecule has 0 aliphatic rings. The number of phenols is 1. The van der Waals surface area contributed by atoms with Crippen molar-refractivity contribution in [2.75, 3.05) is 5.73 Å². The summed E-state index contributed by atoms with van der Waals surface area (Å²) < 4.78 is 1.07. The molecule has 4 heteroatoms. The molecule has 2 aromatic heterocycles. The first-order valence-electron chi connectivity index (χ1n) is 5.17. The van der Waals surface area contributed by atoms with Gasteiger partial charge in [-0.3, -0.25) is 0 Å². The summed E-state index contributed by atoms with van der Waals surface area (Å²) >= 11 is 1.63. The van der Waals surface area contributed by atoms with Crippen molar-refractivity contribution in [1.29, 1.82) is 0 Å². The number of nitrogens with zero attached hydrogens (tertiary/aromatic N) is 1. The first-order valence-corrected chi connectivity index (χ1v) is 5.98. The van der Waals surface area contributed by atoms with E-state index in [1.54, 1.807) is 35.7 Å². The average molecular weight is 242 g/mol. The van der Waals surface area contributed by atoms with Crippen LogP contribution in [-0.4, -0.2) is 10.1 Å². The predicted octanol–water partition coefficient (Wildman–Crippen LogP) is 3.25. The number of hydrogen-bond donors (Lipinski definition) is 2. The molecule has 3 N–H and O–H groups in total. The number of fused-ring (bicyclic) bond motifs is 1. The zero-order chi connectivity index (χ0) is 11.8. The summed E-state index contributed by atoms with van der Waals surface area (Å²) in [6.07, 6.45) is 1.76. The number of nitrogens with two attached hydrogens (primary N) is 1. The molecule has 84 valence electrons. The molecule has 0 atom stereocenters. The Morgan fingerprint density at radius 1 is 1.12 bits per heavy atom. The van der Waals surface area contributed by atoms with Crippen LogP contribution >= 0.6 is 11.3 Å². The minimum Gasteiger partial charge on any atom is -0.508 e. The lowest BCUT2D eigenvalue weighted by molar-refractivity contribution is 0.476. The number of anilines is 1. The van der Waals surface area contributed by atoms with E-state index in [2.05, 4.69) is 11.1 Å². The zero-order valence-corrected chi connectivity index (χ0v) is 9.74. The van der Waals surface area contributed by atoms with Crippen LogP contribution in [0.1, 0.15) is 0 Å². The molecule has 17 heavy (non-hydrogen) atoms. The molecule has 2 heterocycles. The zero-order valence-electron chi connectivity index (χ0n) is 8.92. The van der Waals surface area contributed by atoms with Crippen molar-refractivity contribution in [2.24, 2.45) is 0 Å². The van der Waals surface area contributed by atoms with E-state index in [0.717, 1.165) is 20.5 Å². The van der Waals surface area contributed by atoms with E-state index >= 15 is 0 Å². The van der Waals surface area contributed by atoms with Crippen LogP contribution < -0.4 is 5.73 Å². The van der Waals surface area contributed by atoms with E-state index in [1.165, 1.54) is 0 Å². The highest BCUT2D eigenvalue weighted by atomic mass is 32.1. The molecule has 3 nitrogen and oxygen atoms in total. The van der Waals surface area contributed by atoms with E-state index in [9.17, 15) is 5.11 Å². The molecule has 0 aliphatic carbocycles. The molecule has 0 bridgehead atoms. The number of nitrogen functional groups attached to an aromatic ring is 1. The summed E-state index contributed by atoms with van der Waals surface area (Å²) in [5, 5.41) is 10.5. The Morgan fingerprint density at radius 2 is 2.00 bits per heavy atom. The van der Waals surface area contributed by atoms with Gasteiger partial charge < -0.3 is 10.8 Å². The third-order valence-electron chi connectivity index (χ3n) is 2.57. The van der Waals surface area contributed by atoms with Gasteiger partial charge in [-0.15, -0.1) is 11.3 Å². The van der Waals surface area contributed by atoms with Crippen molar-refractivity contribution >= 4 is 27.2 Å². The molecule has 3 aromatic rings. The Labute approximate surface area is 102 Å². The Hall–Kier alpha value is -2.07. The topological polar surface area (TPSA) is 59.1 Å². The molecular formula is C13H10N2OS. The maximum Gasteiger partial charge on any atom is 0.123 e. The number of benzene rings is 1. The molecule has 0 aliphatic heterocycles. The highest BCUT2D eigenvalue weighted by Crippen LogP contribution is 2.34. The van der Waals surface area contributed by atoms with Gasteiger partial charge in [-0.1, -0.05) is 0 Å². The second-order valence-corrected chi connectivity index (χ2v) is 4.89. The van der Waals surface area contributed by atoms with Crippen molar-refractivity contribution in [3.05, 3.63) is 42.6 Å². The van der Waals surface area contributed by atoms with Crippen LogP contribution in [0.5, 0.6) is 5.75 Å². The lowest BCUT2D eigenvalue weighted by Gasteiger charge is -1.96. The third-order valence-corrected chi connectivity index (χ3v) is 3.72. The van der Waals surface area contributed by atoms with Gasteiger partial charge in [-0.05, 0) is 41.8 Å². The van der Waals surface area contributed by atoms with Crippen molar-refractivity contribution in [3.63, 3.8) is 0 Å². The van der Waals surface area contributed by atoms with E-state index in [1.807, 2.05) is 12.1 Å². The van der Waals surface area contributed by atoms with Crippen molar-refractivity contribution in [3.8, 4) is 16.2 Å². The summed E-state index contributed by atoms with van der Waals surface area (Å²) in [5.74, 6) is 0.814. The fourth-order valence-corrected chi connectivity index (χ4v) is 2.80. The third kappa shape index (κ3) is 1.83. The van der Waals surface area contributed by atoms with Gasteiger partial charge in [-0.25, -0.2) is 4.98 Å². The average Bonchev–Trinajstić information content (AvgIpc) is 2.72. The largest absolute Gasteiger partial charge is 0.508 e. The Bertz CT molecular complexity index is 673. The minimum atomic E-state index is 0.293. The molecule has 0 amide bonds. The summed E-state index contributed by atoms with van der Waals surface area (Å²) in [5.41, 5.74) is 6.60. The number of phenolic OH excluding ortho intramolecular Hbond substituents is 1. The second-order valence-electron chi connectivity index (χ2n) is 3.80.